The Morgan fingerprint density at radius 2 is 2.04 bits per heavy atom. The summed E-state index contributed by atoms with van der Waals surface area (Å²) >= 11 is 0. The normalized spacial score (nSPS) is 16.5. The van der Waals surface area contributed by atoms with E-state index < -0.39 is 0 Å². The van der Waals surface area contributed by atoms with Crippen LogP contribution in [0.25, 0.3) is 5.65 Å². The first-order valence-corrected chi connectivity index (χ1v) is 9.69. The Balaban J connectivity index is 1.30. The number of piperidine rings is 1. The van der Waals surface area contributed by atoms with E-state index in [1.165, 1.54) is 0 Å². The summed E-state index contributed by atoms with van der Waals surface area (Å²) in [6, 6.07) is 7.72. The van der Waals surface area contributed by atoms with Crippen LogP contribution in [-0.4, -0.2) is 50.2 Å². The Bertz CT molecular complexity index is 962. The molecule has 0 saturated carbocycles. The number of aromatic nitrogens is 4. The Morgan fingerprint density at radius 3 is 2.75 bits per heavy atom. The predicted octanol–water partition coefficient (Wildman–Crippen LogP) is 2.83. The van der Waals surface area contributed by atoms with Gasteiger partial charge in [0.25, 0.3) is 0 Å². The number of fused-ring (bicyclic) bond motifs is 1. The Morgan fingerprint density at radius 1 is 1.25 bits per heavy atom. The van der Waals surface area contributed by atoms with E-state index >= 15 is 0 Å². The number of carbonyl (C=O) groups excluding carboxylic acids is 1. The molecule has 4 heterocycles. The molecule has 1 aliphatic rings. The van der Waals surface area contributed by atoms with Crippen LogP contribution in [-0.2, 0) is 10.2 Å². The molecule has 4 rings (SSSR count). The van der Waals surface area contributed by atoms with Crippen molar-refractivity contribution in [3.8, 4) is 0 Å². The molecule has 0 radical (unpaired) electrons. The molecule has 0 atom stereocenters. The first kappa shape index (κ1) is 18.6. The number of hydrogen-bond donors (Lipinski definition) is 1. The lowest BCUT2D eigenvalue weighted by atomic mass is 9.92. The topological polar surface area (TPSA) is 88.6 Å². The number of likely N-dealkylation sites (tertiary alicyclic amines) is 1. The molecule has 0 bridgehead atoms. The summed E-state index contributed by atoms with van der Waals surface area (Å²) in [7, 11) is 0. The van der Waals surface area contributed by atoms with Crippen molar-refractivity contribution >= 4 is 17.4 Å². The van der Waals surface area contributed by atoms with Crippen LogP contribution in [0.15, 0.2) is 35.0 Å². The van der Waals surface area contributed by atoms with Crippen molar-refractivity contribution in [3.63, 3.8) is 0 Å². The maximum absolute atomic E-state index is 12.4. The molecule has 0 aromatic carbocycles. The van der Waals surface area contributed by atoms with Crippen molar-refractivity contribution in [3.05, 3.63) is 42.0 Å². The molecule has 0 aliphatic carbocycles. The van der Waals surface area contributed by atoms with Gasteiger partial charge in [0.1, 0.15) is 5.82 Å². The van der Waals surface area contributed by atoms with E-state index in [-0.39, 0.29) is 11.3 Å². The second-order valence-corrected chi connectivity index (χ2v) is 8.41. The van der Waals surface area contributed by atoms with Crippen LogP contribution in [0, 0.1) is 0 Å². The van der Waals surface area contributed by atoms with Crippen LogP contribution >= 0.6 is 0 Å². The minimum atomic E-state index is -0.111. The van der Waals surface area contributed by atoms with Crippen LogP contribution in [0.1, 0.15) is 51.0 Å². The van der Waals surface area contributed by atoms with Crippen molar-refractivity contribution < 1.29 is 9.32 Å². The third kappa shape index (κ3) is 3.91. The first-order chi connectivity index (χ1) is 13.4. The molecule has 8 nitrogen and oxygen atoms in total. The minimum Gasteiger partial charge on any atom is -0.338 e. The molecule has 1 fully saturated rings. The van der Waals surface area contributed by atoms with Crippen LogP contribution in [0.3, 0.4) is 0 Å². The standard InChI is InChI=1S/C20H26N6O2/c1-20(2,3)15-12-18(28-24-15)21-17(27)13-25-10-7-14(8-11-25)19-23-22-16-6-4-5-9-26(16)19/h4-6,9,12,14H,7-8,10-11,13H2,1-3H3,(H,21,27). The highest BCUT2D eigenvalue weighted by molar-refractivity contribution is 5.91. The number of nitrogens with one attached hydrogen (secondary N) is 1. The molecular formula is C20H26N6O2. The van der Waals surface area contributed by atoms with Gasteiger partial charge < -0.3 is 4.52 Å². The highest BCUT2D eigenvalue weighted by atomic mass is 16.5. The number of hydrogen-bond acceptors (Lipinski definition) is 6. The zero-order valence-corrected chi connectivity index (χ0v) is 16.6. The summed E-state index contributed by atoms with van der Waals surface area (Å²) in [4.78, 5) is 14.5. The number of rotatable bonds is 4. The summed E-state index contributed by atoms with van der Waals surface area (Å²) < 4.78 is 7.30. The smallest absolute Gasteiger partial charge is 0.240 e. The molecule has 0 unspecified atom stereocenters. The van der Waals surface area contributed by atoms with Crippen molar-refractivity contribution in [2.45, 2.75) is 44.9 Å². The lowest BCUT2D eigenvalue weighted by Crippen LogP contribution is -2.39. The number of anilines is 1. The molecule has 1 saturated heterocycles. The van der Waals surface area contributed by atoms with E-state index in [1.54, 1.807) is 6.07 Å². The fourth-order valence-electron chi connectivity index (χ4n) is 3.56. The van der Waals surface area contributed by atoms with Crippen molar-refractivity contribution in [1.29, 1.82) is 0 Å². The number of amides is 1. The van der Waals surface area contributed by atoms with Gasteiger partial charge in [-0.25, -0.2) is 0 Å². The Kier molecular flexibility index (Phi) is 4.89. The van der Waals surface area contributed by atoms with E-state index in [9.17, 15) is 4.79 Å². The number of pyridine rings is 1. The van der Waals surface area contributed by atoms with Gasteiger partial charge in [-0.15, -0.1) is 10.2 Å². The van der Waals surface area contributed by atoms with E-state index in [1.807, 2.05) is 24.4 Å². The second-order valence-electron chi connectivity index (χ2n) is 8.41. The van der Waals surface area contributed by atoms with Gasteiger partial charge in [-0.1, -0.05) is 32.0 Å². The average Bonchev–Trinajstić information content (AvgIpc) is 3.29. The van der Waals surface area contributed by atoms with E-state index in [0.717, 1.165) is 43.1 Å². The molecule has 3 aromatic rings. The highest BCUT2D eigenvalue weighted by Crippen LogP contribution is 2.27. The van der Waals surface area contributed by atoms with Crippen LogP contribution < -0.4 is 5.32 Å². The van der Waals surface area contributed by atoms with Crippen LogP contribution in [0.5, 0.6) is 0 Å². The lowest BCUT2D eigenvalue weighted by Gasteiger charge is -2.30. The Labute approximate surface area is 163 Å². The average molecular weight is 382 g/mol. The maximum atomic E-state index is 12.4. The number of carbonyl (C=O) groups is 1. The zero-order chi connectivity index (χ0) is 19.7. The summed E-state index contributed by atoms with van der Waals surface area (Å²) in [5, 5.41) is 15.5. The molecule has 1 amide bonds. The van der Waals surface area contributed by atoms with E-state index in [2.05, 4.69) is 50.7 Å². The van der Waals surface area contributed by atoms with Crippen molar-refractivity contribution in [1.82, 2.24) is 24.7 Å². The van der Waals surface area contributed by atoms with Gasteiger partial charge in [-0.2, -0.15) is 0 Å². The maximum Gasteiger partial charge on any atom is 0.240 e. The van der Waals surface area contributed by atoms with Crippen molar-refractivity contribution in [2.24, 2.45) is 0 Å². The summed E-state index contributed by atoms with van der Waals surface area (Å²) in [6.07, 6.45) is 3.92. The van der Waals surface area contributed by atoms with Gasteiger partial charge in [0.05, 0.1) is 12.2 Å². The largest absolute Gasteiger partial charge is 0.338 e. The monoisotopic (exact) mass is 382 g/mol. The fraction of sp³-hybridized carbons (Fsp3) is 0.500. The third-order valence-corrected chi connectivity index (χ3v) is 5.20. The molecule has 8 heteroatoms. The SMILES string of the molecule is CC(C)(C)c1cc(NC(=O)CN2CCC(c3nnc4ccccn34)CC2)on1. The minimum absolute atomic E-state index is 0.0806. The van der Waals surface area contributed by atoms with E-state index in [4.69, 9.17) is 4.52 Å². The van der Waals surface area contributed by atoms with Crippen molar-refractivity contribution in [2.75, 3.05) is 25.0 Å². The van der Waals surface area contributed by atoms with Gasteiger partial charge in [0, 0.05) is 23.6 Å². The van der Waals surface area contributed by atoms with Gasteiger partial charge in [-0.3, -0.25) is 19.4 Å². The summed E-state index contributed by atoms with van der Waals surface area (Å²) in [5.74, 6) is 1.69. The van der Waals surface area contributed by atoms with Gasteiger partial charge in [-0.05, 0) is 38.1 Å². The van der Waals surface area contributed by atoms with Gasteiger partial charge >= 0.3 is 0 Å². The van der Waals surface area contributed by atoms with Gasteiger partial charge in [0.15, 0.2) is 5.65 Å². The molecule has 3 aromatic heterocycles. The van der Waals surface area contributed by atoms with Gasteiger partial charge in [0.2, 0.25) is 11.8 Å². The Hall–Kier alpha value is -2.74. The van der Waals surface area contributed by atoms with Crippen LogP contribution in [0.2, 0.25) is 0 Å². The lowest BCUT2D eigenvalue weighted by molar-refractivity contribution is -0.117. The van der Waals surface area contributed by atoms with E-state index in [0.29, 0.717) is 18.3 Å². The zero-order valence-electron chi connectivity index (χ0n) is 16.6. The van der Waals surface area contributed by atoms with Crippen LogP contribution in [0.4, 0.5) is 5.88 Å². The molecule has 148 valence electrons. The quantitative estimate of drug-likeness (QED) is 0.746. The molecule has 1 N–H and O–H groups in total. The molecule has 0 spiro atoms. The summed E-state index contributed by atoms with van der Waals surface area (Å²) in [5.41, 5.74) is 1.59. The molecular weight excluding hydrogens is 356 g/mol. The highest BCUT2D eigenvalue weighted by Gasteiger charge is 2.26. The predicted molar refractivity (Wildman–Crippen MR) is 105 cm³/mol. The summed E-state index contributed by atoms with van der Waals surface area (Å²) in [6.45, 7) is 8.21. The fourth-order valence-corrected chi connectivity index (χ4v) is 3.56. The number of nitrogens with zero attached hydrogens (tertiary/aromatic N) is 5. The second kappa shape index (κ2) is 7.35. The molecule has 28 heavy (non-hydrogen) atoms. The first-order valence-electron chi connectivity index (χ1n) is 9.69. The third-order valence-electron chi connectivity index (χ3n) is 5.20. The molecule has 1 aliphatic heterocycles.